The van der Waals surface area contributed by atoms with E-state index in [4.69, 9.17) is 11.6 Å². The number of para-hydroxylation sites is 1. The molecule has 3 aromatic rings. The number of rotatable bonds is 3. The lowest BCUT2D eigenvalue weighted by molar-refractivity contribution is -0.123. The minimum Gasteiger partial charge on any atom is -0.308 e. The Balaban J connectivity index is 1.51. The van der Waals surface area contributed by atoms with E-state index in [0.29, 0.717) is 28.6 Å². The number of halogens is 2. The fraction of sp³-hybridized carbons (Fsp3) is 0.167. The summed E-state index contributed by atoms with van der Waals surface area (Å²) in [6.07, 6.45) is 0. The predicted octanol–water partition coefficient (Wildman–Crippen LogP) is 5.46. The van der Waals surface area contributed by atoms with Gasteiger partial charge in [-0.2, -0.15) is 0 Å². The summed E-state index contributed by atoms with van der Waals surface area (Å²) >= 11 is 7.49. The molecule has 1 N–H and O–H groups in total. The average Bonchev–Trinajstić information content (AvgIpc) is 3.31. The van der Waals surface area contributed by atoms with Gasteiger partial charge < -0.3 is 10.2 Å². The van der Waals surface area contributed by atoms with Crippen molar-refractivity contribution in [2.45, 2.75) is 11.4 Å². The largest absolute Gasteiger partial charge is 0.323 e. The molecule has 1 spiro atoms. The molecule has 8 heteroatoms. The molecule has 2 heterocycles. The van der Waals surface area contributed by atoms with Crippen LogP contribution >= 0.6 is 23.4 Å². The Kier molecular flexibility index (Phi) is 5.31. The van der Waals surface area contributed by atoms with E-state index in [0.717, 1.165) is 11.3 Å². The number of hydrogen-bond acceptors (Lipinski definition) is 3. The van der Waals surface area contributed by atoms with Crippen LogP contribution in [0.2, 0.25) is 5.02 Å². The van der Waals surface area contributed by atoms with Crippen molar-refractivity contribution < 1.29 is 14.0 Å². The zero-order valence-corrected chi connectivity index (χ0v) is 18.5. The number of nitrogens with one attached hydrogen (secondary N) is 1. The molecule has 5 nitrogen and oxygen atoms in total. The Morgan fingerprint density at radius 3 is 2.72 bits per heavy atom. The summed E-state index contributed by atoms with van der Waals surface area (Å²) in [7, 11) is 0. The van der Waals surface area contributed by atoms with Crippen LogP contribution in [0.4, 0.5) is 20.6 Å². The van der Waals surface area contributed by atoms with Crippen LogP contribution in [0, 0.1) is 5.82 Å². The Morgan fingerprint density at radius 1 is 1.09 bits per heavy atom. The van der Waals surface area contributed by atoms with Gasteiger partial charge in [-0.3, -0.25) is 9.69 Å². The quantitative estimate of drug-likeness (QED) is 0.556. The van der Waals surface area contributed by atoms with Crippen LogP contribution < -0.4 is 10.2 Å². The number of fused-ring (bicyclic) bond motifs is 2. The number of carbonyl (C=O) groups excluding carboxylic acids is 2. The molecule has 1 atom stereocenters. The molecule has 3 aromatic carbocycles. The molecule has 2 aliphatic rings. The first-order valence-electron chi connectivity index (χ1n) is 10.1. The van der Waals surface area contributed by atoms with Crippen molar-refractivity contribution >= 4 is 46.7 Å². The van der Waals surface area contributed by atoms with Crippen LogP contribution in [0.5, 0.6) is 0 Å². The number of nitrogens with zero attached hydrogens (tertiary/aromatic N) is 2. The lowest BCUT2D eigenvalue weighted by Gasteiger charge is -2.33. The van der Waals surface area contributed by atoms with Gasteiger partial charge >= 0.3 is 6.03 Å². The first kappa shape index (κ1) is 20.8. The smallest absolute Gasteiger partial charge is 0.308 e. The summed E-state index contributed by atoms with van der Waals surface area (Å²) in [4.78, 5) is 29.2. The van der Waals surface area contributed by atoms with Crippen LogP contribution in [0.15, 0.2) is 72.8 Å². The standard InChI is InChI=1S/C24H19ClFN3O2S/c25-17-6-4-8-19(14-17)27-23(31)29-11-12-32-24(29)20-9-1-2-10-21(20)28(22(24)30)15-16-5-3-7-18(26)13-16/h1-10,13-14H,11-12,15H2,(H,27,31)/t24-/m0/s1. The van der Waals surface area contributed by atoms with E-state index < -0.39 is 4.87 Å². The van der Waals surface area contributed by atoms with Gasteiger partial charge in [0.2, 0.25) is 0 Å². The van der Waals surface area contributed by atoms with Crippen LogP contribution in [-0.2, 0) is 16.2 Å². The van der Waals surface area contributed by atoms with E-state index >= 15 is 0 Å². The summed E-state index contributed by atoms with van der Waals surface area (Å²) in [6.45, 7) is 0.643. The minimum absolute atomic E-state index is 0.202. The molecule has 0 radical (unpaired) electrons. The Bertz CT molecular complexity index is 1220. The molecule has 162 valence electrons. The number of benzene rings is 3. The van der Waals surface area contributed by atoms with Gasteiger partial charge in [0.1, 0.15) is 5.82 Å². The number of amides is 3. The average molecular weight is 468 g/mol. The van der Waals surface area contributed by atoms with E-state index in [-0.39, 0.29) is 24.3 Å². The van der Waals surface area contributed by atoms with Gasteiger partial charge in [0.15, 0.2) is 4.87 Å². The zero-order chi connectivity index (χ0) is 22.3. The third-order valence-electron chi connectivity index (χ3n) is 5.65. The summed E-state index contributed by atoms with van der Waals surface area (Å²) < 4.78 is 13.8. The molecule has 0 saturated carbocycles. The summed E-state index contributed by atoms with van der Waals surface area (Å²) in [5.74, 6) is 0.0678. The molecule has 5 rings (SSSR count). The minimum atomic E-state index is -1.16. The molecule has 3 amide bonds. The molecule has 1 fully saturated rings. The maximum Gasteiger partial charge on any atom is 0.323 e. The van der Waals surface area contributed by atoms with Gasteiger partial charge in [0.05, 0.1) is 12.2 Å². The highest BCUT2D eigenvalue weighted by Crippen LogP contribution is 2.54. The molecule has 0 aromatic heterocycles. The summed E-state index contributed by atoms with van der Waals surface area (Å²) in [5, 5.41) is 3.38. The van der Waals surface area contributed by atoms with E-state index in [9.17, 15) is 14.0 Å². The Labute approximate surface area is 194 Å². The van der Waals surface area contributed by atoms with Crippen LogP contribution in [-0.4, -0.2) is 29.1 Å². The van der Waals surface area contributed by atoms with Gasteiger partial charge in [0.25, 0.3) is 5.91 Å². The number of anilines is 2. The van der Waals surface area contributed by atoms with E-state index in [1.165, 1.54) is 23.9 Å². The van der Waals surface area contributed by atoms with Crippen molar-refractivity contribution in [1.82, 2.24) is 4.90 Å². The molecule has 1 saturated heterocycles. The third-order valence-corrected chi connectivity index (χ3v) is 7.31. The highest BCUT2D eigenvalue weighted by atomic mass is 35.5. The second-order valence-electron chi connectivity index (χ2n) is 7.62. The first-order chi connectivity index (χ1) is 15.5. The monoisotopic (exact) mass is 467 g/mol. The van der Waals surface area contributed by atoms with Crippen LogP contribution in [0.1, 0.15) is 11.1 Å². The lowest BCUT2D eigenvalue weighted by Crippen LogP contribution is -2.51. The Morgan fingerprint density at radius 2 is 1.91 bits per heavy atom. The van der Waals surface area contributed by atoms with Crippen molar-refractivity contribution in [1.29, 1.82) is 0 Å². The second kappa shape index (κ2) is 8.15. The van der Waals surface area contributed by atoms with Gasteiger partial charge in [0, 0.05) is 28.6 Å². The van der Waals surface area contributed by atoms with E-state index in [1.807, 2.05) is 24.3 Å². The van der Waals surface area contributed by atoms with Crippen molar-refractivity contribution in [2.75, 3.05) is 22.5 Å². The second-order valence-corrected chi connectivity index (χ2v) is 9.35. The van der Waals surface area contributed by atoms with Gasteiger partial charge in [-0.15, -0.1) is 11.8 Å². The van der Waals surface area contributed by atoms with Gasteiger partial charge in [-0.05, 0) is 42.0 Å². The molecule has 0 unspecified atom stereocenters. The highest BCUT2D eigenvalue weighted by Gasteiger charge is 2.59. The van der Waals surface area contributed by atoms with Crippen LogP contribution in [0.3, 0.4) is 0 Å². The molecule has 0 bridgehead atoms. The van der Waals surface area contributed by atoms with Crippen molar-refractivity contribution in [3.8, 4) is 0 Å². The third kappa shape index (κ3) is 3.42. The summed E-state index contributed by atoms with van der Waals surface area (Å²) in [6, 6.07) is 20.2. The molecular formula is C24H19ClFN3O2S. The number of carbonyl (C=O) groups is 2. The van der Waals surface area contributed by atoms with E-state index in [2.05, 4.69) is 5.32 Å². The van der Waals surface area contributed by atoms with Crippen molar-refractivity contribution in [3.05, 3.63) is 94.8 Å². The number of urea groups is 1. The van der Waals surface area contributed by atoms with Gasteiger partial charge in [-0.25, -0.2) is 9.18 Å². The highest BCUT2D eigenvalue weighted by molar-refractivity contribution is 8.01. The first-order valence-corrected chi connectivity index (χ1v) is 11.5. The predicted molar refractivity (Wildman–Crippen MR) is 125 cm³/mol. The van der Waals surface area contributed by atoms with E-state index in [1.54, 1.807) is 46.2 Å². The fourth-order valence-electron chi connectivity index (χ4n) is 4.30. The normalized spacial score (nSPS) is 19.5. The Hall–Kier alpha value is -3.03. The molecule has 0 aliphatic carbocycles. The molecular weight excluding hydrogens is 449 g/mol. The van der Waals surface area contributed by atoms with Crippen molar-refractivity contribution in [3.63, 3.8) is 0 Å². The zero-order valence-electron chi connectivity index (χ0n) is 16.9. The number of hydrogen-bond donors (Lipinski definition) is 1. The maximum atomic E-state index is 13.9. The van der Waals surface area contributed by atoms with Gasteiger partial charge in [-0.1, -0.05) is 48.0 Å². The summed E-state index contributed by atoms with van der Waals surface area (Å²) in [5.41, 5.74) is 2.75. The molecule has 32 heavy (non-hydrogen) atoms. The van der Waals surface area contributed by atoms with Crippen molar-refractivity contribution in [2.24, 2.45) is 0 Å². The molecule has 2 aliphatic heterocycles. The lowest BCUT2D eigenvalue weighted by atomic mass is 10.1. The van der Waals surface area contributed by atoms with Crippen LogP contribution in [0.25, 0.3) is 0 Å². The topological polar surface area (TPSA) is 52.7 Å². The fourth-order valence-corrected chi connectivity index (χ4v) is 5.95. The number of thioether (sulfide) groups is 1. The SMILES string of the molecule is O=C(Nc1cccc(Cl)c1)N1CCS[C@@]12C(=O)N(Cc1cccc(F)c1)c1ccccc12. The maximum absolute atomic E-state index is 13.9.